The molecule has 0 amide bonds. The summed E-state index contributed by atoms with van der Waals surface area (Å²) in [5.41, 5.74) is 5.96. The van der Waals surface area contributed by atoms with Gasteiger partial charge in [-0.15, -0.1) is 0 Å². The Balaban J connectivity index is 2.69. The summed E-state index contributed by atoms with van der Waals surface area (Å²) < 4.78 is 0. The predicted octanol–water partition coefficient (Wildman–Crippen LogP) is 1.79. The Morgan fingerprint density at radius 1 is 1.50 bits per heavy atom. The summed E-state index contributed by atoms with van der Waals surface area (Å²) in [5, 5.41) is 13.3. The number of hydrogen-bond acceptors (Lipinski definition) is 4. The highest BCUT2D eigenvalue weighted by molar-refractivity contribution is 6.30. The number of nitro groups is 1. The van der Waals surface area contributed by atoms with Gasteiger partial charge in [-0.05, 0) is 24.3 Å². The average Bonchev–Trinajstić information content (AvgIpc) is 2.07. The molecule has 74 valence electrons. The largest absolute Gasteiger partial charge is 0.380 e. The fraction of sp³-hybridized carbons (Fsp3) is 0. The van der Waals surface area contributed by atoms with Crippen molar-refractivity contribution < 1.29 is 4.92 Å². The first kappa shape index (κ1) is 10.3. The molecule has 0 radical (unpaired) electrons. The third kappa shape index (κ3) is 3.32. The molecule has 5 nitrogen and oxygen atoms in total. The molecule has 0 unspecified atom stereocenters. The molecule has 6 heteroatoms. The van der Waals surface area contributed by atoms with Crippen molar-refractivity contribution in [2.45, 2.75) is 0 Å². The first-order valence-electron chi connectivity index (χ1n) is 3.71. The van der Waals surface area contributed by atoms with Crippen molar-refractivity contribution in [2.75, 3.05) is 5.32 Å². The molecule has 0 atom stereocenters. The Morgan fingerprint density at radius 3 is 2.57 bits per heavy atom. The van der Waals surface area contributed by atoms with Crippen LogP contribution >= 0.6 is 11.6 Å². The van der Waals surface area contributed by atoms with Crippen LogP contribution in [0, 0.1) is 10.1 Å². The van der Waals surface area contributed by atoms with Crippen LogP contribution in [0.3, 0.4) is 0 Å². The van der Waals surface area contributed by atoms with E-state index in [0.717, 1.165) is 0 Å². The van der Waals surface area contributed by atoms with Crippen LogP contribution in [0.4, 0.5) is 5.69 Å². The van der Waals surface area contributed by atoms with Gasteiger partial charge < -0.3 is 11.1 Å². The van der Waals surface area contributed by atoms with Crippen LogP contribution in [0.15, 0.2) is 36.3 Å². The molecule has 0 aromatic heterocycles. The highest BCUT2D eigenvalue weighted by Gasteiger charge is 1.97. The molecule has 0 bridgehead atoms. The summed E-state index contributed by atoms with van der Waals surface area (Å²) in [5.74, 6) is -0.0303. The highest BCUT2D eigenvalue weighted by atomic mass is 35.5. The lowest BCUT2D eigenvalue weighted by Crippen LogP contribution is -2.10. The van der Waals surface area contributed by atoms with E-state index in [-0.39, 0.29) is 5.82 Å². The van der Waals surface area contributed by atoms with Crippen LogP contribution in [0.2, 0.25) is 5.02 Å². The normalized spacial score (nSPS) is 11.1. The van der Waals surface area contributed by atoms with Crippen molar-refractivity contribution in [3.8, 4) is 0 Å². The number of halogens is 1. The summed E-state index contributed by atoms with van der Waals surface area (Å²) in [6.45, 7) is 0. The quantitative estimate of drug-likeness (QED) is 0.593. The lowest BCUT2D eigenvalue weighted by Gasteiger charge is -2.03. The van der Waals surface area contributed by atoms with Gasteiger partial charge in [0.25, 0.3) is 6.20 Å². The summed E-state index contributed by atoms with van der Waals surface area (Å²) in [6, 6.07) is 6.65. The Bertz CT molecular complexity index is 361. The summed E-state index contributed by atoms with van der Waals surface area (Å²) in [6.07, 6.45) is 0.689. The second kappa shape index (κ2) is 4.48. The molecule has 1 aromatic carbocycles. The standard InChI is InChI=1S/C8H8ClN3O2/c9-6-1-3-7(4-2-6)11-8(10)5-12(13)14/h1-5,11H,10H2/b8-5-. The van der Waals surface area contributed by atoms with E-state index in [9.17, 15) is 10.1 Å². The SMILES string of the molecule is N/C(=C/[N+](=O)[O-])Nc1ccc(Cl)cc1. The maximum atomic E-state index is 10.0. The minimum atomic E-state index is -0.627. The lowest BCUT2D eigenvalue weighted by molar-refractivity contribution is -0.403. The molecule has 14 heavy (non-hydrogen) atoms. The van der Waals surface area contributed by atoms with Gasteiger partial charge in [0, 0.05) is 10.7 Å². The van der Waals surface area contributed by atoms with Crippen LogP contribution in [0.1, 0.15) is 0 Å². The maximum Gasteiger partial charge on any atom is 0.274 e. The van der Waals surface area contributed by atoms with Gasteiger partial charge in [0.15, 0.2) is 5.82 Å². The topological polar surface area (TPSA) is 81.2 Å². The summed E-state index contributed by atoms with van der Waals surface area (Å²) >= 11 is 5.65. The molecule has 1 aromatic rings. The van der Waals surface area contributed by atoms with Gasteiger partial charge in [-0.2, -0.15) is 0 Å². The summed E-state index contributed by atoms with van der Waals surface area (Å²) in [4.78, 5) is 9.42. The van der Waals surface area contributed by atoms with E-state index in [0.29, 0.717) is 16.9 Å². The van der Waals surface area contributed by atoms with E-state index in [4.69, 9.17) is 17.3 Å². The van der Waals surface area contributed by atoms with Gasteiger partial charge in [-0.25, -0.2) is 0 Å². The number of nitrogens with one attached hydrogen (secondary N) is 1. The van der Waals surface area contributed by atoms with Gasteiger partial charge in [0.1, 0.15) is 0 Å². The zero-order valence-corrected chi connectivity index (χ0v) is 7.86. The number of benzene rings is 1. The van der Waals surface area contributed by atoms with E-state index < -0.39 is 4.92 Å². The van der Waals surface area contributed by atoms with Gasteiger partial charge in [-0.3, -0.25) is 10.1 Å². The zero-order valence-electron chi connectivity index (χ0n) is 7.11. The number of nitrogens with zero attached hydrogens (tertiary/aromatic N) is 1. The van der Waals surface area contributed by atoms with Crippen molar-refractivity contribution in [3.63, 3.8) is 0 Å². The third-order valence-electron chi connectivity index (χ3n) is 1.38. The van der Waals surface area contributed by atoms with Crippen molar-refractivity contribution >= 4 is 17.3 Å². The Labute approximate surface area is 85.3 Å². The van der Waals surface area contributed by atoms with E-state index in [1.54, 1.807) is 24.3 Å². The van der Waals surface area contributed by atoms with Gasteiger partial charge in [0.05, 0.1) is 4.92 Å². The minimum Gasteiger partial charge on any atom is -0.380 e. The number of nitrogens with two attached hydrogens (primary N) is 1. The molecule has 0 aliphatic rings. The first-order chi connectivity index (χ1) is 6.58. The van der Waals surface area contributed by atoms with Crippen LogP contribution in [-0.4, -0.2) is 4.92 Å². The Hall–Kier alpha value is -1.75. The predicted molar refractivity (Wildman–Crippen MR) is 54.3 cm³/mol. The molecule has 0 aliphatic carbocycles. The zero-order chi connectivity index (χ0) is 10.6. The second-order valence-corrected chi connectivity index (χ2v) is 2.94. The van der Waals surface area contributed by atoms with Crippen LogP contribution in [0.25, 0.3) is 0 Å². The fourth-order valence-corrected chi connectivity index (χ4v) is 0.972. The number of hydrogen-bond donors (Lipinski definition) is 2. The molecule has 0 heterocycles. The van der Waals surface area contributed by atoms with E-state index >= 15 is 0 Å². The van der Waals surface area contributed by atoms with Crippen molar-refractivity contribution in [1.82, 2.24) is 0 Å². The first-order valence-corrected chi connectivity index (χ1v) is 4.09. The van der Waals surface area contributed by atoms with Gasteiger partial charge in [-0.1, -0.05) is 11.6 Å². The molecule has 0 fully saturated rings. The van der Waals surface area contributed by atoms with E-state index in [2.05, 4.69) is 5.32 Å². The van der Waals surface area contributed by atoms with Crippen LogP contribution in [0.5, 0.6) is 0 Å². The lowest BCUT2D eigenvalue weighted by atomic mass is 10.3. The number of rotatable bonds is 3. The molecule has 0 spiro atoms. The molecular formula is C8H8ClN3O2. The van der Waals surface area contributed by atoms with E-state index in [1.165, 1.54) is 0 Å². The molecule has 1 rings (SSSR count). The third-order valence-corrected chi connectivity index (χ3v) is 1.63. The molecule has 0 saturated carbocycles. The highest BCUT2D eigenvalue weighted by Crippen LogP contribution is 2.13. The Morgan fingerprint density at radius 2 is 2.07 bits per heavy atom. The van der Waals surface area contributed by atoms with Crippen LogP contribution < -0.4 is 11.1 Å². The van der Waals surface area contributed by atoms with Crippen LogP contribution in [-0.2, 0) is 0 Å². The van der Waals surface area contributed by atoms with Crippen molar-refractivity contribution in [3.05, 3.63) is 51.4 Å². The second-order valence-electron chi connectivity index (χ2n) is 2.50. The minimum absolute atomic E-state index is 0.0303. The molecule has 0 saturated heterocycles. The molecule has 3 N–H and O–H groups in total. The van der Waals surface area contributed by atoms with Gasteiger partial charge in [0.2, 0.25) is 0 Å². The van der Waals surface area contributed by atoms with Crippen molar-refractivity contribution in [1.29, 1.82) is 0 Å². The number of anilines is 1. The van der Waals surface area contributed by atoms with Gasteiger partial charge >= 0.3 is 0 Å². The average molecular weight is 214 g/mol. The monoisotopic (exact) mass is 213 g/mol. The molecular weight excluding hydrogens is 206 g/mol. The maximum absolute atomic E-state index is 10.0. The Kier molecular flexibility index (Phi) is 3.30. The van der Waals surface area contributed by atoms with E-state index in [1.807, 2.05) is 0 Å². The smallest absolute Gasteiger partial charge is 0.274 e. The molecule has 0 aliphatic heterocycles. The van der Waals surface area contributed by atoms with Crippen molar-refractivity contribution in [2.24, 2.45) is 5.73 Å². The fourth-order valence-electron chi connectivity index (χ4n) is 0.846. The summed E-state index contributed by atoms with van der Waals surface area (Å²) in [7, 11) is 0.